The molecule has 2 aromatic rings. The molecule has 2 aliphatic carbocycles. The van der Waals surface area contributed by atoms with Gasteiger partial charge in [-0.2, -0.15) is 0 Å². The summed E-state index contributed by atoms with van der Waals surface area (Å²) in [6.07, 6.45) is -4.73. The Bertz CT molecular complexity index is 1720. The maximum Gasteiger partial charge on any atom is 0.202 e. The first-order valence-corrected chi connectivity index (χ1v) is 16.4. The summed E-state index contributed by atoms with van der Waals surface area (Å²) in [5.41, 5.74) is -3.23. The highest BCUT2D eigenvalue weighted by molar-refractivity contribution is 6.31. The molecule has 0 radical (unpaired) electrons. The fourth-order valence-electron chi connectivity index (χ4n) is 7.91. The van der Waals surface area contributed by atoms with E-state index in [1.54, 1.807) is 20.8 Å². The molecule has 1 unspecified atom stereocenters. The molecule has 2 aromatic carbocycles. The van der Waals surface area contributed by atoms with Crippen molar-refractivity contribution in [2.24, 2.45) is 0 Å². The Balaban J connectivity index is 1.29. The largest absolute Gasteiger partial charge is 0.507 e. The number of morpholine rings is 1. The molecular weight excluding hydrogens is 642 g/mol. The standard InChI is InChI=1S/C35H39NO13/c1-15(2)46-14-23(38)35(43)11-18-26(32(42)28-27(30(18)40)29(39)17-6-5-7-20(44-4)25(17)31(28)41)21(12-35)48-24-10-19-33(16(3)47-24)49-34-22(13-37)45-9-8-36(19)34/h5-7,13,15-16,19,21-22,24,33-34,40,42-43H,8-12,14H2,1-4H3/t16-,19?,21-,22+,24-,33+,34+,35-/m0/s1. The molecule has 49 heavy (non-hydrogen) atoms. The Morgan fingerprint density at radius 2 is 1.88 bits per heavy atom. The second-order valence-electron chi connectivity index (χ2n) is 13.5. The van der Waals surface area contributed by atoms with Gasteiger partial charge >= 0.3 is 0 Å². The monoisotopic (exact) mass is 681 g/mol. The van der Waals surface area contributed by atoms with Gasteiger partial charge < -0.3 is 48.5 Å². The smallest absolute Gasteiger partial charge is 0.202 e. The highest BCUT2D eigenvalue weighted by atomic mass is 16.7. The number of methoxy groups -OCH3 is 1. The molecular formula is C35H39NO13. The molecule has 0 amide bonds. The summed E-state index contributed by atoms with van der Waals surface area (Å²) >= 11 is 0. The van der Waals surface area contributed by atoms with E-state index in [0.717, 1.165) is 0 Å². The van der Waals surface area contributed by atoms with Crippen LogP contribution in [0.4, 0.5) is 0 Å². The Labute approximate surface area is 281 Å². The molecule has 3 N–H and O–H groups in total. The van der Waals surface area contributed by atoms with Crippen LogP contribution in [0.3, 0.4) is 0 Å². The predicted octanol–water partition coefficient (Wildman–Crippen LogP) is 1.74. The van der Waals surface area contributed by atoms with Gasteiger partial charge in [-0.25, -0.2) is 0 Å². The maximum atomic E-state index is 14.0. The van der Waals surface area contributed by atoms with Crippen molar-refractivity contribution in [2.75, 3.05) is 26.9 Å². The Kier molecular flexibility index (Phi) is 8.63. The van der Waals surface area contributed by atoms with Gasteiger partial charge in [0, 0.05) is 48.5 Å². The van der Waals surface area contributed by atoms with Crippen LogP contribution < -0.4 is 4.74 Å². The second kappa shape index (κ2) is 12.5. The van der Waals surface area contributed by atoms with E-state index in [4.69, 9.17) is 28.4 Å². The lowest BCUT2D eigenvalue weighted by Crippen LogP contribution is -2.55. The molecule has 0 bridgehead atoms. The molecule has 3 heterocycles. The van der Waals surface area contributed by atoms with E-state index in [-0.39, 0.29) is 53.0 Å². The van der Waals surface area contributed by atoms with E-state index in [1.807, 2.05) is 4.90 Å². The third kappa shape index (κ3) is 5.37. The van der Waals surface area contributed by atoms with Gasteiger partial charge in [-0.05, 0) is 26.8 Å². The van der Waals surface area contributed by atoms with Crippen LogP contribution in [0.5, 0.6) is 17.2 Å². The van der Waals surface area contributed by atoms with Gasteiger partial charge in [0.25, 0.3) is 0 Å². The van der Waals surface area contributed by atoms with Crippen molar-refractivity contribution < 1.29 is 62.9 Å². The van der Waals surface area contributed by atoms with Crippen LogP contribution in [-0.4, -0.2) is 119 Å². The number of aliphatic hydroxyl groups is 1. The lowest BCUT2D eigenvalue weighted by molar-refractivity contribution is -0.247. The summed E-state index contributed by atoms with van der Waals surface area (Å²) in [6, 6.07) is 4.23. The summed E-state index contributed by atoms with van der Waals surface area (Å²) < 4.78 is 35.4. The van der Waals surface area contributed by atoms with Crippen LogP contribution >= 0.6 is 0 Å². The van der Waals surface area contributed by atoms with Crippen molar-refractivity contribution in [3.63, 3.8) is 0 Å². The van der Waals surface area contributed by atoms with Gasteiger partial charge in [-0.1, -0.05) is 12.1 Å². The minimum absolute atomic E-state index is 0.0250. The third-order valence-electron chi connectivity index (χ3n) is 10.2. The highest BCUT2D eigenvalue weighted by Crippen LogP contribution is 2.53. The molecule has 0 aromatic heterocycles. The normalized spacial score (nSPS) is 32.2. The van der Waals surface area contributed by atoms with Crippen LogP contribution in [0, 0.1) is 0 Å². The van der Waals surface area contributed by atoms with Gasteiger partial charge in [0.1, 0.15) is 41.8 Å². The molecule has 7 rings (SSSR count). The molecule has 3 aliphatic heterocycles. The lowest BCUT2D eigenvalue weighted by atomic mass is 9.72. The highest BCUT2D eigenvalue weighted by Gasteiger charge is 2.55. The molecule has 5 aliphatic rings. The number of aromatic hydroxyl groups is 2. The third-order valence-corrected chi connectivity index (χ3v) is 10.2. The fourth-order valence-corrected chi connectivity index (χ4v) is 7.91. The number of carbonyl (C=O) groups is 4. The minimum atomic E-state index is -2.14. The second-order valence-corrected chi connectivity index (χ2v) is 13.5. The van der Waals surface area contributed by atoms with E-state index in [9.17, 15) is 34.5 Å². The zero-order valence-electron chi connectivity index (χ0n) is 27.5. The maximum absolute atomic E-state index is 14.0. The lowest BCUT2D eigenvalue weighted by Gasteiger charge is -2.43. The molecule has 8 atom stereocenters. The van der Waals surface area contributed by atoms with Crippen LogP contribution in [0.25, 0.3) is 0 Å². The van der Waals surface area contributed by atoms with Crippen LogP contribution in [-0.2, 0) is 39.7 Å². The number of phenols is 2. The number of hydrogen-bond acceptors (Lipinski definition) is 14. The van der Waals surface area contributed by atoms with Crippen molar-refractivity contribution in [1.82, 2.24) is 4.90 Å². The number of ketones is 3. The number of hydrogen-bond donors (Lipinski definition) is 3. The summed E-state index contributed by atoms with van der Waals surface area (Å²) in [7, 11) is 1.35. The van der Waals surface area contributed by atoms with Crippen molar-refractivity contribution in [2.45, 2.75) is 94.7 Å². The summed E-state index contributed by atoms with van der Waals surface area (Å²) in [5.74, 6) is -3.29. The number of benzene rings is 2. The van der Waals surface area contributed by atoms with Gasteiger partial charge in [0.2, 0.25) is 5.78 Å². The van der Waals surface area contributed by atoms with Gasteiger partial charge in [-0.15, -0.1) is 0 Å². The number of rotatable bonds is 8. The topological polar surface area (TPSA) is 188 Å². The van der Waals surface area contributed by atoms with E-state index in [2.05, 4.69) is 0 Å². The number of aldehydes is 1. The summed E-state index contributed by atoms with van der Waals surface area (Å²) in [6.45, 7) is 5.68. The van der Waals surface area contributed by atoms with Crippen LogP contribution in [0.15, 0.2) is 18.2 Å². The number of ether oxygens (including phenoxy) is 6. The van der Waals surface area contributed by atoms with Crippen molar-refractivity contribution >= 4 is 23.6 Å². The fraction of sp³-hybridized carbons (Fsp3) is 0.543. The average Bonchev–Trinajstić information content (AvgIpc) is 3.46. The molecule has 0 saturated carbocycles. The summed E-state index contributed by atoms with van der Waals surface area (Å²) in [5, 5.41) is 35.5. The SMILES string of the molecule is COc1cccc2c1C(=O)c1c(O)c3c(c(O)c1C2=O)C[C@@](O)(C(=O)COC(C)C)C[C@@H]3O[C@H]1CC2[C@H](O[C@@H]3[C@@H](C=O)OCCN23)[C@H](C)O1. The number of carbonyl (C=O) groups excluding carboxylic acids is 4. The van der Waals surface area contributed by atoms with Crippen molar-refractivity contribution in [3.05, 3.63) is 51.6 Å². The first kappa shape index (κ1) is 33.7. The Hall–Kier alpha value is -3.76. The zero-order chi connectivity index (χ0) is 34.9. The Morgan fingerprint density at radius 3 is 2.59 bits per heavy atom. The number of nitrogens with zero attached hydrogens (tertiary/aromatic N) is 1. The quantitative estimate of drug-likeness (QED) is 0.230. The van der Waals surface area contributed by atoms with Crippen LogP contribution in [0.2, 0.25) is 0 Å². The van der Waals surface area contributed by atoms with Gasteiger partial charge in [-0.3, -0.25) is 19.3 Å². The van der Waals surface area contributed by atoms with Crippen molar-refractivity contribution in [3.8, 4) is 17.2 Å². The number of Topliss-reactive ketones (excluding diaryl/α,β-unsaturated/α-hetero) is 1. The number of phenolic OH excluding ortho intramolecular Hbond substituents is 2. The molecule has 14 nitrogen and oxygen atoms in total. The van der Waals surface area contributed by atoms with E-state index >= 15 is 0 Å². The molecule has 0 spiro atoms. The first-order chi connectivity index (χ1) is 23.4. The minimum Gasteiger partial charge on any atom is -0.507 e. The number of fused-ring (bicyclic) bond motifs is 6. The predicted molar refractivity (Wildman–Crippen MR) is 167 cm³/mol. The molecule has 3 fully saturated rings. The molecule has 14 heteroatoms. The van der Waals surface area contributed by atoms with Gasteiger partial charge in [0.15, 0.2) is 30.2 Å². The van der Waals surface area contributed by atoms with Crippen LogP contribution in [0.1, 0.15) is 82.7 Å². The van der Waals surface area contributed by atoms with Gasteiger partial charge in [0.05, 0.1) is 48.7 Å². The zero-order valence-corrected chi connectivity index (χ0v) is 27.5. The Morgan fingerprint density at radius 1 is 1.12 bits per heavy atom. The first-order valence-electron chi connectivity index (χ1n) is 16.4. The molecule has 262 valence electrons. The van der Waals surface area contributed by atoms with Crippen molar-refractivity contribution in [1.29, 1.82) is 0 Å². The average molecular weight is 682 g/mol. The molecule has 3 saturated heterocycles. The summed E-state index contributed by atoms with van der Waals surface area (Å²) in [4.78, 5) is 55.1. The van der Waals surface area contributed by atoms with E-state index in [0.29, 0.717) is 19.4 Å². The van der Waals surface area contributed by atoms with E-state index < -0.39 is 95.5 Å². The van der Waals surface area contributed by atoms with E-state index in [1.165, 1.54) is 25.3 Å².